The molecular formula is C15H23BN2O2. The molecule has 2 unspecified atom stereocenters. The van der Waals surface area contributed by atoms with Crippen LogP contribution in [0.5, 0.6) is 0 Å². The largest absolute Gasteiger partial charge is 0.477 e. The zero-order valence-corrected chi connectivity index (χ0v) is 12.6. The Balaban J connectivity index is 1.67. The van der Waals surface area contributed by atoms with Gasteiger partial charge in [-0.1, -0.05) is 30.3 Å². The van der Waals surface area contributed by atoms with E-state index in [1.54, 1.807) is 0 Å². The Bertz CT molecular complexity index is 462. The molecule has 2 saturated heterocycles. The van der Waals surface area contributed by atoms with Crippen LogP contribution in [0.25, 0.3) is 0 Å². The Labute approximate surface area is 121 Å². The molecule has 0 radical (unpaired) electrons. The fraction of sp³-hybridized carbons (Fsp3) is 0.600. The first-order valence-electron chi connectivity index (χ1n) is 7.31. The molecule has 0 spiro atoms. The Morgan fingerprint density at radius 2 is 1.60 bits per heavy atom. The van der Waals surface area contributed by atoms with E-state index in [0.717, 1.165) is 6.42 Å². The summed E-state index contributed by atoms with van der Waals surface area (Å²) < 4.78 is 12.2. The molecule has 0 amide bonds. The van der Waals surface area contributed by atoms with Gasteiger partial charge in [0.05, 0.1) is 17.1 Å². The van der Waals surface area contributed by atoms with Crippen LogP contribution in [0.15, 0.2) is 30.3 Å². The zero-order chi connectivity index (χ0) is 14.4. The van der Waals surface area contributed by atoms with Gasteiger partial charge in [-0.2, -0.15) is 0 Å². The van der Waals surface area contributed by atoms with Gasteiger partial charge < -0.3 is 9.31 Å². The summed E-state index contributed by atoms with van der Waals surface area (Å²) in [5.41, 5.74) is 7.41. The van der Waals surface area contributed by atoms with Gasteiger partial charge in [0.1, 0.15) is 0 Å². The van der Waals surface area contributed by atoms with Gasteiger partial charge in [-0.15, -0.1) is 0 Å². The fourth-order valence-corrected chi connectivity index (χ4v) is 2.72. The molecule has 0 aliphatic carbocycles. The second-order valence-electron chi connectivity index (χ2n) is 6.72. The molecule has 0 bridgehead atoms. The predicted octanol–water partition coefficient (Wildman–Crippen LogP) is 2.23. The monoisotopic (exact) mass is 274 g/mol. The van der Waals surface area contributed by atoms with Gasteiger partial charge in [0.2, 0.25) is 0 Å². The molecule has 1 aromatic carbocycles. The molecule has 5 heteroatoms. The minimum atomic E-state index is -0.274. The van der Waals surface area contributed by atoms with Gasteiger partial charge in [0.25, 0.3) is 0 Å². The van der Waals surface area contributed by atoms with E-state index in [2.05, 4.69) is 62.8 Å². The first kappa shape index (κ1) is 14.1. The number of hydrogen-bond acceptors (Lipinski definition) is 4. The van der Waals surface area contributed by atoms with Crippen molar-refractivity contribution in [3.05, 3.63) is 35.9 Å². The van der Waals surface area contributed by atoms with Gasteiger partial charge >= 0.3 is 7.12 Å². The predicted molar refractivity (Wildman–Crippen MR) is 79.9 cm³/mol. The van der Waals surface area contributed by atoms with Crippen LogP contribution in [0.4, 0.5) is 0 Å². The summed E-state index contributed by atoms with van der Waals surface area (Å²) in [5.74, 6) is 0.168. The van der Waals surface area contributed by atoms with E-state index in [0.29, 0.717) is 6.04 Å². The van der Waals surface area contributed by atoms with Gasteiger partial charge in [-0.25, -0.2) is 0 Å². The molecule has 108 valence electrons. The van der Waals surface area contributed by atoms with E-state index < -0.39 is 0 Å². The van der Waals surface area contributed by atoms with Crippen LogP contribution in [0.3, 0.4) is 0 Å². The van der Waals surface area contributed by atoms with Crippen molar-refractivity contribution in [2.24, 2.45) is 0 Å². The summed E-state index contributed by atoms with van der Waals surface area (Å²) in [6.07, 6.45) is 0.959. The third-order valence-corrected chi connectivity index (χ3v) is 4.73. The third kappa shape index (κ3) is 2.39. The highest BCUT2D eigenvalue weighted by Gasteiger charge is 2.54. The Morgan fingerprint density at radius 3 is 2.20 bits per heavy atom. The fourth-order valence-electron chi connectivity index (χ4n) is 2.72. The summed E-state index contributed by atoms with van der Waals surface area (Å²) in [6, 6.07) is 10.8. The zero-order valence-electron chi connectivity index (χ0n) is 12.6. The number of nitrogens with one attached hydrogen (secondary N) is 2. The van der Waals surface area contributed by atoms with E-state index in [1.165, 1.54) is 5.56 Å². The molecule has 2 aliphatic heterocycles. The molecular weight excluding hydrogens is 251 g/mol. The molecule has 0 saturated carbocycles. The molecule has 2 aliphatic rings. The van der Waals surface area contributed by atoms with Crippen LogP contribution in [-0.2, 0) is 9.31 Å². The molecule has 2 atom stereocenters. The first-order chi connectivity index (χ1) is 9.39. The number of rotatable bonds is 2. The van der Waals surface area contributed by atoms with Crippen LogP contribution < -0.4 is 10.9 Å². The average molecular weight is 274 g/mol. The summed E-state index contributed by atoms with van der Waals surface area (Å²) in [7, 11) is -0.207. The highest BCUT2D eigenvalue weighted by molar-refractivity contribution is 6.47. The van der Waals surface area contributed by atoms with E-state index in [1.807, 2.05) is 6.07 Å². The Morgan fingerprint density at radius 1 is 1.00 bits per heavy atom. The Hall–Kier alpha value is -0.875. The average Bonchev–Trinajstić information content (AvgIpc) is 2.94. The van der Waals surface area contributed by atoms with E-state index in [4.69, 9.17) is 9.31 Å². The van der Waals surface area contributed by atoms with Crippen molar-refractivity contribution in [3.63, 3.8) is 0 Å². The SMILES string of the molecule is CC1(C)OB(C2CC(c3ccccc3)NN2)OC1(C)C. The highest BCUT2D eigenvalue weighted by Crippen LogP contribution is 2.39. The third-order valence-electron chi connectivity index (χ3n) is 4.73. The van der Waals surface area contributed by atoms with Gasteiger partial charge in [-0.05, 0) is 39.7 Å². The van der Waals surface area contributed by atoms with Gasteiger partial charge in [0, 0.05) is 6.04 Å². The molecule has 3 rings (SSSR count). The molecule has 4 nitrogen and oxygen atoms in total. The van der Waals surface area contributed by atoms with Crippen molar-refractivity contribution < 1.29 is 9.31 Å². The molecule has 2 N–H and O–H groups in total. The smallest absolute Gasteiger partial charge is 0.402 e. The van der Waals surface area contributed by atoms with E-state index in [-0.39, 0.29) is 24.3 Å². The van der Waals surface area contributed by atoms with E-state index >= 15 is 0 Å². The van der Waals surface area contributed by atoms with Crippen LogP contribution >= 0.6 is 0 Å². The topological polar surface area (TPSA) is 42.5 Å². The quantitative estimate of drug-likeness (QED) is 0.812. The van der Waals surface area contributed by atoms with Gasteiger partial charge in [-0.3, -0.25) is 10.9 Å². The maximum absolute atomic E-state index is 6.11. The first-order valence-corrected chi connectivity index (χ1v) is 7.31. The minimum absolute atomic E-state index is 0.168. The lowest BCUT2D eigenvalue weighted by molar-refractivity contribution is 0.00578. The lowest BCUT2D eigenvalue weighted by Gasteiger charge is -2.32. The summed E-state index contributed by atoms with van der Waals surface area (Å²) >= 11 is 0. The normalized spacial score (nSPS) is 31.7. The summed E-state index contributed by atoms with van der Waals surface area (Å²) in [5, 5.41) is 0. The maximum atomic E-state index is 6.11. The van der Waals surface area contributed by atoms with Crippen molar-refractivity contribution in [3.8, 4) is 0 Å². The lowest BCUT2D eigenvalue weighted by Crippen LogP contribution is -2.44. The number of hydrogen-bond donors (Lipinski definition) is 2. The van der Waals surface area contributed by atoms with Crippen molar-refractivity contribution in [2.75, 3.05) is 0 Å². The van der Waals surface area contributed by atoms with Crippen molar-refractivity contribution in [1.82, 2.24) is 10.9 Å². The van der Waals surface area contributed by atoms with Crippen molar-refractivity contribution >= 4 is 7.12 Å². The van der Waals surface area contributed by atoms with Crippen LogP contribution in [-0.4, -0.2) is 24.3 Å². The minimum Gasteiger partial charge on any atom is -0.402 e. The van der Waals surface area contributed by atoms with E-state index in [9.17, 15) is 0 Å². The lowest BCUT2D eigenvalue weighted by atomic mass is 9.76. The molecule has 0 aromatic heterocycles. The maximum Gasteiger partial charge on any atom is 0.477 e. The van der Waals surface area contributed by atoms with Crippen molar-refractivity contribution in [2.45, 2.75) is 57.3 Å². The number of benzene rings is 1. The summed E-state index contributed by atoms with van der Waals surface area (Å²) in [4.78, 5) is 0. The van der Waals surface area contributed by atoms with Crippen LogP contribution in [0.2, 0.25) is 0 Å². The standard InChI is InChI=1S/C15H23BN2O2/c1-14(2)15(3,4)20-16(19-14)13-10-12(17-18-13)11-8-6-5-7-9-11/h5-9,12-13,17-18H,10H2,1-4H3. The van der Waals surface area contributed by atoms with Crippen LogP contribution in [0, 0.1) is 0 Å². The number of hydrazine groups is 1. The molecule has 2 fully saturated rings. The Kier molecular flexibility index (Phi) is 3.41. The molecule has 20 heavy (non-hydrogen) atoms. The molecule has 2 heterocycles. The van der Waals surface area contributed by atoms with Crippen LogP contribution in [0.1, 0.15) is 45.7 Å². The molecule has 1 aromatic rings. The highest BCUT2D eigenvalue weighted by atomic mass is 16.7. The second-order valence-corrected chi connectivity index (χ2v) is 6.72. The summed E-state index contributed by atoms with van der Waals surface area (Å²) in [6.45, 7) is 8.35. The van der Waals surface area contributed by atoms with Gasteiger partial charge in [0.15, 0.2) is 0 Å². The second kappa shape index (κ2) is 4.84. The van der Waals surface area contributed by atoms with Crippen molar-refractivity contribution in [1.29, 1.82) is 0 Å².